The van der Waals surface area contributed by atoms with E-state index in [-0.39, 0.29) is 11.9 Å². The van der Waals surface area contributed by atoms with Crippen molar-refractivity contribution < 1.29 is 4.79 Å². The van der Waals surface area contributed by atoms with E-state index in [2.05, 4.69) is 36.5 Å². The number of benzene rings is 3. The number of hydrogen-bond donors (Lipinski definition) is 1. The smallest absolute Gasteiger partial charge is 0.251 e. The third-order valence-electron chi connectivity index (χ3n) is 4.67. The Balaban J connectivity index is 1.55. The Labute approximate surface area is 176 Å². The normalized spacial score (nSPS) is 11.8. The van der Waals surface area contributed by atoms with Crippen molar-refractivity contribution in [1.29, 1.82) is 0 Å². The molecule has 0 aliphatic carbocycles. The molecule has 0 aliphatic heterocycles. The molecule has 0 unspecified atom stereocenters. The number of carbonyl (C=O) groups is 1. The molecule has 1 atom stereocenters. The van der Waals surface area contributed by atoms with Crippen LogP contribution in [0.15, 0.2) is 77.7 Å². The number of thioether (sulfide) groups is 1. The highest BCUT2D eigenvalue weighted by atomic mass is 35.5. The molecule has 2 nitrogen and oxygen atoms in total. The minimum Gasteiger partial charge on any atom is -0.346 e. The molecule has 144 valence electrons. The minimum atomic E-state index is -0.0519. The van der Waals surface area contributed by atoms with Crippen LogP contribution >= 0.6 is 23.4 Å². The topological polar surface area (TPSA) is 29.1 Å². The summed E-state index contributed by atoms with van der Waals surface area (Å²) >= 11 is 7.67. The highest BCUT2D eigenvalue weighted by Crippen LogP contribution is 2.24. The monoisotopic (exact) mass is 409 g/mol. The van der Waals surface area contributed by atoms with E-state index in [1.54, 1.807) is 11.8 Å². The van der Waals surface area contributed by atoms with Crippen molar-refractivity contribution in [3.05, 3.63) is 100 Å². The Morgan fingerprint density at radius 1 is 0.929 bits per heavy atom. The Morgan fingerprint density at radius 3 is 2.14 bits per heavy atom. The van der Waals surface area contributed by atoms with Gasteiger partial charge in [0.25, 0.3) is 5.91 Å². The van der Waals surface area contributed by atoms with Crippen molar-refractivity contribution >= 4 is 29.3 Å². The lowest BCUT2D eigenvalue weighted by Gasteiger charge is -2.15. The fourth-order valence-corrected chi connectivity index (χ4v) is 3.84. The van der Waals surface area contributed by atoms with E-state index in [0.717, 1.165) is 22.8 Å². The molecular formula is C24H24ClNOS. The molecule has 0 heterocycles. The Hall–Kier alpha value is -2.23. The fourth-order valence-electron chi connectivity index (χ4n) is 2.86. The zero-order valence-electron chi connectivity index (χ0n) is 16.1. The van der Waals surface area contributed by atoms with Crippen LogP contribution in [-0.2, 0) is 12.2 Å². The molecule has 0 spiro atoms. The zero-order valence-corrected chi connectivity index (χ0v) is 17.7. The summed E-state index contributed by atoms with van der Waals surface area (Å²) in [5.74, 6) is 0.799. The number of nitrogens with one attached hydrogen (secondary N) is 1. The van der Waals surface area contributed by atoms with Gasteiger partial charge in [-0.05, 0) is 66.4 Å². The highest BCUT2D eigenvalue weighted by molar-refractivity contribution is 7.98. The highest BCUT2D eigenvalue weighted by Gasteiger charge is 2.11. The maximum absolute atomic E-state index is 12.5. The van der Waals surface area contributed by atoms with Gasteiger partial charge in [-0.2, -0.15) is 0 Å². The molecule has 0 bridgehead atoms. The van der Waals surface area contributed by atoms with E-state index >= 15 is 0 Å². The Bertz CT molecular complexity index is 905. The van der Waals surface area contributed by atoms with Crippen LogP contribution in [0, 0.1) is 0 Å². The van der Waals surface area contributed by atoms with Gasteiger partial charge < -0.3 is 5.32 Å². The molecule has 3 aromatic carbocycles. The molecule has 4 heteroatoms. The predicted molar refractivity (Wildman–Crippen MR) is 119 cm³/mol. The van der Waals surface area contributed by atoms with Gasteiger partial charge in [-0.15, -0.1) is 11.8 Å². The summed E-state index contributed by atoms with van der Waals surface area (Å²) in [6.07, 6.45) is 1.02. The van der Waals surface area contributed by atoms with E-state index in [4.69, 9.17) is 11.6 Å². The summed E-state index contributed by atoms with van der Waals surface area (Å²) < 4.78 is 0. The van der Waals surface area contributed by atoms with Crippen LogP contribution in [0.5, 0.6) is 0 Å². The van der Waals surface area contributed by atoms with Crippen LogP contribution in [0.2, 0.25) is 5.02 Å². The molecule has 0 saturated heterocycles. The summed E-state index contributed by atoms with van der Waals surface area (Å²) in [7, 11) is 0. The molecular weight excluding hydrogens is 386 g/mol. The Morgan fingerprint density at radius 2 is 1.54 bits per heavy atom. The fraction of sp³-hybridized carbons (Fsp3) is 0.208. The number of aryl methyl sites for hydroxylation is 1. The number of carbonyl (C=O) groups excluding carboxylic acids is 1. The number of hydrogen-bond acceptors (Lipinski definition) is 2. The summed E-state index contributed by atoms with van der Waals surface area (Å²) in [5, 5.41) is 3.82. The van der Waals surface area contributed by atoms with Gasteiger partial charge in [0.1, 0.15) is 0 Å². The summed E-state index contributed by atoms with van der Waals surface area (Å²) in [6.45, 7) is 4.15. The van der Waals surface area contributed by atoms with Crippen LogP contribution in [0.25, 0.3) is 0 Å². The van der Waals surface area contributed by atoms with Crippen molar-refractivity contribution in [3.63, 3.8) is 0 Å². The lowest BCUT2D eigenvalue weighted by Crippen LogP contribution is -2.26. The van der Waals surface area contributed by atoms with Gasteiger partial charge in [0.05, 0.1) is 6.04 Å². The maximum atomic E-state index is 12.5. The summed E-state index contributed by atoms with van der Waals surface area (Å²) in [4.78, 5) is 13.7. The van der Waals surface area contributed by atoms with E-state index in [1.165, 1.54) is 16.0 Å². The minimum absolute atomic E-state index is 0.0291. The lowest BCUT2D eigenvalue weighted by atomic mass is 10.0. The summed E-state index contributed by atoms with van der Waals surface area (Å²) in [5.41, 5.74) is 4.27. The van der Waals surface area contributed by atoms with Gasteiger partial charge in [-0.3, -0.25) is 4.79 Å². The van der Waals surface area contributed by atoms with Crippen molar-refractivity contribution in [2.75, 3.05) is 0 Å². The quantitative estimate of drug-likeness (QED) is 0.440. The van der Waals surface area contributed by atoms with E-state index < -0.39 is 0 Å². The van der Waals surface area contributed by atoms with Gasteiger partial charge in [0, 0.05) is 21.2 Å². The van der Waals surface area contributed by atoms with E-state index in [1.807, 2.05) is 55.5 Å². The average Bonchev–Trinajstić information content (AvgIpc) is 2.73. The number of rotatable bonds is 7. The van der Waals surface area contributed by atoms with Crippen molar-refractivity contribution in [3.8, 4) is 0 Å². The molecule has 0 aromatic heterocycles. The molecule has 0 fully saturated rings. The second-order valence-corrected chi connectivity index (χ2v) is 8.21. The standard InChI is InChI=1S/C24H24ClNOS/c1-3-18-4-8-20(9-5-18)17(2)26-24(27)21-10-6-19(7-11-21)16-28-23-14-12-22(25)13-15-23/h4-15,17H,3,16H2,1-2H3,(H,26,27)/t17-/m0/s1. The van der Waals surface area contributed by atoms with Crippen LogP contribution in [0.3, 0.4) is 0 Å². The first-order valence-electron chi connectivity index (χ1n) is 9.42. The van der Waals surface area contributed by atoms with Crippen molar-refractivity contribution in [1.82, 2.24) is 5.32 Å². The molecule has 0 aliphatic rings. The molecule has 1 amide bonds. The number of amides is 1. The third-order valence-corrected chi connectivity index (χ3v) is 6.01. The second kappa shape index (κ2) is 9.81. The second-order valence-electron chi connectivity index (χ2n) is 6.73. The largest absolute Gasteiger partial charge is 0.346 e. The summed E-state index contributed by atoms with van der Waals surface area (Å²) in [6, 6.07) is 24.0. The molecule has 3 aromatic rings. The molecule has 0 radical (unpaired) electrons. The predicted octanol–water partition coefficient (Wildman–Crippen LogP) is 6.69. The van der Waals surface area contributed by atoms with Crippen LogP contribution in [0.1, 0.15) is 46.9 Å². The van der Waals surface area contributed by atoms with Crippen LogP contribution < -0.4 is 5.32 Å². The zero-order chi connectivity index (χ0) is 19.9. The number of halogens is 1. The van der Waals surface area contributed by atoms with Crippen LogP contribution in [-0.4, -0.2) is 5.91 Å². The van der Waals surface area contributed by atoms with Crippen molar-refractivity contribution in [2.45, 2.75) is 37.0 Å². The SMILES string of the molecule is CCc1ccc([C@H](C)NC(=O)c2ccc(CSc3ccc(Cl)cc3)cc2)cc1. The maximum Gasteiger partial charge on any atom is 0.251 e. The van der Waals surface area contributed by atoms with Crippen LogP contribution in [0.4, 0.5) is 0 Å². The van der Waals surface area contributed by atoms with Gasteiger partial charge >= 0.3 is 0 Å². The van der Waals surface area contributed by atoms with E-state index in [9.17, 15) is 4.79 Å². The van der Waals surface area contributed by atoms with E-state index in [0.29, 0.717) is 5.56 Å². The first-order valence-corrected chi connectivity index (χ1v) is 10.8. The first-order chi connectivity index (χ1) is 13.5. The molecule has 0 saturated carbocycles. The van der Waals surface area contributed by atoms with Gasteiger partial charge in [0.15, 0.2) is 0 Å². The average molecular weight is 410 g/mol. The first kappa shape index (κ1) is 20.5. The molecule has 28 heavy (non-hydrogen) atoms. The molecule has 3 rings (SSSR count). The Kier molecular flexibility index (Phi) is 7.18. The third kappa shape index (κ3) is 5.63. The van der Waals surface area contributed by atoms with Gasteiger partial charge in [0.2, 0.25) is 0 Å². The van der Waals surface area contributed by atoms with Gasteiger partial charge in [-0.25, -0.2) is 0 Å². The molecule has 1 N–H and O–H groups in total. The van der Waals surface area contributed by atoms with Crippen molar-refractivity contribution in [2.24, 2.45) is 0 Å². The lowest BCUT2D eigenvalue weighted by molar-refractivity contribution is 0.0940. The van der Waals surface area contributed by atoms with Gasteiger partial charge in [-0.1, -0.05) is 54.9 Å².